The summed E-state index contributed by atoms with van der Waals surface area (Å²) >= 11 is 1.70. The van der Waals surface area contributed by atoms with Gasteiger partial charge in [0.15, 0.2) is 0 Å². The van der Waals surface area contributed by atoms with E-state index in [1.807, 2.05) is 18.2 Å². The van der Waals surface area contributed by atoms with Crippen molar-refractivity contribution in [2.45, 2.75) is 43.5 Å². The lowest BCUT2D eigenvalue weighted by Gasteiger charge is -2.32. The molecular weight excluding hydrogens is 268 g/mol. The standard InChI is InChI=1S/C16H22N2OS/c1-2-20-16-9-5-8-15(13(16)10-17)18-14-7-4-3-6-12(14)11-19/h5,8-9,12,14,18-19H,2-4,6-7,11H2,1H3. The molecule has 0 saturated heterocycles. The van der Waals surface area contributed by atoms with E-state index in [-0.39, 0.29) is 12.6 Å². The molecule has 2 N–H and O–H groups in total. The Morgan fingerprint density at radius 2 is 2.20 bits per heavy atom. The van der Waals surface area contributed by atoms with E-state index in [1.165, 1.54) is 12.8 Å². The Kier molecular flexibility index (Phi) is 5.75. The summed E-state index contributed by atoms with van der Waals surface area (Å²) in [4.78, 5) is 1.04. The topological polar surface area (TPSA) is 56.0 Å². The van der Waals surface area contributed by atoms with Crippen LogP contribution in [-0.4, -0.2) is 23.5 Å². The molecule has 1 aliphatic carbocycles. The Hall–Kier alpha value is -1.18. The van der Waals surface area contributed by atoms with Gasteiger partial charge in [-0.2, -0.15) is 5.26 Å². The van der Waals surface area contributed by atoms with Crippen molar-refractivity contribution in [1.82, 2.24) is 0 Å². The first-order valence-electron chi connectivity index (χ1n) is 7.33. The molecule has 1 aromatic rings. The lowest BCUT2D eigenvalue weighted by molar-refractivity contribution is 0.178. The molecule has 0 amide bonds. The largest absolute Gasteiger partial charge is 0.396 e. The van der Waals surface area contributed by atoms with Crippen LogP contribution in [0.5, 0.6) is 0 Å². The molecule has 0 aliphatic heterocycles. The highest BCUT2D eigenvalue weighted by atomic mass is 32.2. The molecule has 108 valence electrons. The van der Waals surface area contributed by atoms with Gasteiger partial charge in [0, 0.05) is 23.5 Å². The summed E-state index contributed by atoms with van der Waals surface area (Å²) in [5.41, 5.74) is 1.65. The van der Waals surface area contributed by atoms with Crippen molar-refractivity contribution in [2.75, 3.05) is 17.7 Å². The van der Waals surface area contributed by atoms with E-state index >= 15 is 0 Å². The van der Waals surface area contributed by atoms with Crippen molar-refractivity contribution >= 4 is 17.4 Å². The molecule has 20 heavy (non-hydrogen) atoms. The zero-order valence-electron chi connectivity index (χ0n) is 11.9. The van der Waals surface area contributed by atoms with Crippen molar-refractivity contribution in [3.63, 3.8) is 0 Å². The van der Waals surface area contributed by atoms with E-state index in [2.05, 4.69) is 18.3 Å². The Labute approximate surface area is 125 Å². The van der Waals surface area contributed by atoms with Gasteiger partial charge in [0.1, 0.15) is 6.07 Å². The van der Waals surface area contributed by atoms with Gasteiger partial charge in [0.25, 0.3) is 0 Å². The average Bonchev–Trinajstić information content (AvgIpc) is 2.48. The van der Waals surface area contributed by atoms with Gasteiger partial charge >= 0.3 is 0 Å². The molecule has 1 fully saturated rings. The highest BCUT2D eigenvalue weighted by Gasteiger charge is 2.25. The molecule has 3 nitrogen and oxygen atoms in total. The molecule has 0 aromatic heterocycles. The predicted molar refractivity (Wildman–Crippen MR) is 84.0 cm³/mol. The molecule has 0 radical (unpaired) electrons. The summed E-state index contributed by atoms with van der Waals surface area (Å²) in [5, 5.41) is 22.4. The van der Waals surface area contributed by atoms with E-state index in [9.17, 15) is 10.4 Å². The number of nitrogens with zero attached hydrogens (tertiary/aromatic N) is 1. The van der Waals surface area contributed by atoms with Crippen LogP contribution in [0.25, 0.3) is 0 Å². The first-order chi connectivity index (χ1) is 9.80. The second-order valence-electron chi connectivity index (χ2n) is 5.20. The normalized spacial score (nSPS) is 22.2. The monoisotopic (exact) mass is 290 g/mol. The van der Waals surface area contributed by atoms with Gasteiger partial charge < -0.3 is 10.4 Å². The van der Waals surface area contributed by atoms with Crippen molar-refractivity contribution in [3.05, 3.63) is 23.8 Å². The van der Waals surface area contributed by atoms with Crippen LogP contribution in [0.4, 0.5) is 5.69 Å². The van der Waals surface area contributed by atoms with E-state index in [0.717, 1.165) is 34.7 Å². The highest BCUT2D eigenvalue weighted by molar-refractivity contribution is 7.99. The average molecular weight is 290 g/mol. The fourth-order valence-corrected chi connectivity index (χ4v) is 3.64. The molecule has 2 rings (SSSR count). The molecule has 1 aromatic carbocycles. The molecule has 4 heteroatoms. The summed E-state index contributed by atoms with van der Waals surface area (Å²) in [6.07, 6.45) is 4.53. The Balaban J connectivity index is 2.20. The Morgan fingerprint density at radius 3 is 2.90 bits per heavy atom. The second-order valence-corrected chi connectivity index (χ2v) is 6.51. The summed E-state index contributed by atoms with van der Waals surface area (Å²) in [6.45, 7) is 2.32. The minimum atomic E-state index is 0.225. The van der Waals surface area contributed by atoms with Crippen LogP contribution in [-0.2, 0) is 0 Å². The molecular formula is C16H22N2OS. The van der Waals surface area contributed by atoms with Crippen molar-refractivity contribution in [3.8, 4) is 6.07 Å². The maximum atomic E-state index is 9.50. The van der Waals surface area contributed by atoms with Gasteiger partial charge in [0.2, 0.25) is 0 Å². The number of aliphatic hydroxyl groups excluding tert-OH is 1. The highest BCUT2D eigenvalue weighted by Crippen LogP contribution is 2.31. The fourth-order valence-electron chi connectivity index (χ4n) is 2.86. The van der Waals surface area contributed by atoms with Crippen LogP contribution >= 0.6 is 11.8 Å². The maximum Gasteiger partial charge on any atom is 0.102 e. The molecule has 0 spiro atoms. The first kappa shape index (κ1) is 15.2. The number of hydrogen-bond donors (Lipinski definition) is 2. The summed E-state index contributed by atoms with van der Waals surface area (Å²) in [5.74, 6) is 1.26. The zero-order valence-corrected chi connectivity index (χ0v) is 12.7. The maximum absolute atomic E-state index is 9.50. The van der Waals surface area contributed by atoms with Crippen LogP contribution in [0.2, 0.25) is 0 Å². The van der Waals surface area contributed by atoms with E-state index in [1.54, 1.807) is 11.8 Å². The minimum Gasteiger partial charge on any atom is -0.396 e. The van der Waals surface area contributed by atoms with Crippen LogP contribution in [0.3, 0.4) is 0 Å². The molecule has 0 heterocycles. The third-order valence-electron chi connectivity index (χ3n) is 3.92. The van der Waals surface area contributed by atoms with Gasteiger partial charge in [-0.25, -0.2) is 0 Å². The number of hydrogen-bond acceptors (Lipinski definition) is 4. The van der Waals surface area contributed by atoms with Gasteiger partial charge in [-0.3, -0.25) is 0 Å². The smallest absolute Gasteiger partial charge is 0.102 e. The van der Waals surface area contributed by atoms with E-state index in [4.69, 9.17) is 0 Å². The third-order valence-corrected chi connectivity index (χ3v) is 4.86. The lowest BCUT2D eigenvalue weighted by Crippen LogP contribution is -2.34. The molecule has 0 bridgehead atoms. The first-order valence-corrected chi connectivity index (χ1v) is 8.32. The summed E-state index contributed by atoms with van der Waals surface area (Å²) in [7, 11) is 0. The fraction of sp³-hybridized carbons (Fsp3) is 0.562. The van der Waals surface area contributed by atoms with Crippen LogP contribution in [0.1, 0.15) is 38.2 Å². The number of aliphatic hydroxyl groups is 1. The van der Waals surface area contributed by atoms with Crippen molar-refractivity contribution in [2.24, 2.45) is 5.92 Å². The summed E-state index contributed by atoms with van der Waals surface area (Å²) in [6, 6.07) is 8.58. The lowest BCUT2D eigenvalue weighted by atomic mass is 9.85. The third kappa shape index (κ3) is 3.47. The molecule has 1 aliphatic rings. The second kappa shape index (κ2) is 7.56. The van der Waals surface area contributed by atoms with Crippen LogP contribution in [0.15, 0.2) is 23.1 Å². The number of rotatable bonds is 5. The Bertz CT molecular complexity index is 484. The molecule has 1 saturated carbocycles. The van der Waals surface area contributed by atoms with Crippen LogP contribution in [0, 0.1) is 17.2 Å². The van der Waals surface area contributed by atoms with E-state index in [0.29, 0.717) is 5.92 Å². The van der Waals surface area contributed by atoms with Gasteiger partial charge in [-0.15, -0.1) is 11.8 Å². The number of benzene rings is 1. The van der Waals surface area contributed by atoms with Gasteiger partial charge in [-0.05, 0) is 30.7 Å². The predicted octanol–water partition coefficient (Wildman–Crippen LogP) is 3.63. The van der Waals surface area contributed by atoms with Gasteiger partial charge in [0.05, 0.1) is 11.3 Å². The minimum absolute atomic E-state index is 0.225. The SMILES string of the molecule is CCSc1cccc(NC2CCCCC2CO)c1C#N. The van der Waals surface area contributed by atoms with Crippen molar-refractivity contribution in [1.29, 1.82) is 5.26 Å². The zero-order chi connectivity index (χ0) is 14.4. The number of nitriles is 1. The quantitative estimate of drug-likeness (QED) is 0.813. The number of anilines is 1. The van der Waals surface area contributed by atoms with Crippen molar-refractivity contribution < 1.29 is 5.11 Å². The summed E-state index contributed by atoms with van der Waals surface area (Å²) < 4.78 is 0. The Morgan fingerprint density at radius 1 is 1.40 bits per heavy atom. The molecule has 2 atom stereocenters. The number of thioether (sulfide) groups is 1. The molecule has 2 unspecified atom stereocenters. The number of nitrogens with one attached hydrogen (secondary N) is 1. The van der Waals surface area contributed by atoms with Crippen LogP contribution < -0.4 is 5.32 Å². The van der Waals surface area contributed by atoms with E-state index < -0.39 is 0 Å². The van der Waals surface area contributed by atoms with Gasteiger partial charge in [-0.1, -0.05) is 25.8 Å².